The molecule has 0 saturated heterocycles. The number of nitrogens with one attached hydrogen (secondary N) is 2. The Morgan fingerprint density at radius 1 is 0.880 bits per heavy atom. The maximum Gasteiger partial charge on any atom is 0.261 e. The normalized spacial score (nSPS) is 12.8. The molecule has 0 atom stereocenters. The second-order valence-electron chi connectivity index (χ2n) is 5.81. The lowest BCUT2D eigenvalue weighted by molar-refractivity contribution is 0.0880. The molecule has 5 nitrogen and oxygen atoms in total. The van der Waals surface area contributed by atoms with Gasteiger partial charge in [-0.1, -0.05) is 54.6 Å². The van der Waals surface area contributed by atoms with E-state index in [0.29, 0.717) is 34.6 Å². The van der Waals surface area contributed by atoms with E-state index in [-0.39, 0.29) is 5.91 Å². The van der Waals surface area contributed by atoms with Gasteiger partial charge in [-0.25, -0.2) is 0 Å². The number of carbonyl (C=O) groups is 2. The third-order valence-corrected chi connectivity index (χ3v) is 4.33. The van der Waals surface area contributed by atoms with Crippen molar-refractivity contribution in [2.24, 2.45) is 0 Å². The summed E-state index contributed by atoms with van der Waals surface area (Å²) >= 11 is 0. The lowest BCUT2D eigenvalue weighted by Gasteiger charge is -2.17. The molecule has 1 heterocycles. The Labute approximate surface area is 144 Å². The lowest BCUT2D eigenvalue weighted by atomic mass is 9.97. The van der Waals surface area contributed by atoms with Gasteiger partial charge >= 0.3 is 0 Å². The van der Waals surface area contributed by atoms with Crippen molar-refractivity contribution in [1.29, 1.82) is 0 Å². The van der Waals surface area contributed by atoms with E-state index in [9.17, 15) is 9.59 Å². The zero-order valence-electron chi connectivity index (χ0n) is 13.6. The summed E-state index contributed by atoms with van der Waals surface area (Å²) in [6.45, 7) is 0.369. The van der Waals surface area contributed by atoms with Gasteiger partial charge in [0.1, 0.15) is 6.61 Å². The summed E-state index contributed by atoms with van der Waals surface area (Å²) < 4.78 is 6.08. The molecule has 4 rings (SSSR count). The van der Waals surface area contributed by atoms with Crippen LogP contribution in [0.2, 0.25) is 0 Å². The van der Waals surface area contributed by atoms with Crippen LogP contribution in [0, 0.1) is 0 Å². The first-order valence-corrected chi connectivity index (χ1v) is 7.99. The maximum absolute atomic E-state index is 12.3. The van der Waals surface area contributed by atoms with E-state index in [1.165, 1.54) is 0 Å². The van der Waals surface area contributed by atoms with Crippen molar-refractivity contribution in [3.8, 4) is 5.75 Å². The van der Waals surface area contributed by atoms with Crippen LogP contribution in [-0.2, 0) is 6.61 Å². The van der Waals surface area contributed by atoms with Gasteiger partial charge in [0.2, 0.25) is 0 Å². The van der Waals surface area contributed by atoms with Crippen LogP contribution in [0.25, 0.3) is 10.8 Å². The number of hydrogen-bond acceptors (Lipinski definition) is 4. The summed E-state index contributed by atoms with van der Waals surface area (Å²) in [4.78, 5) is 24.5. The molecule has 2 amide bonds. The molecular formula is C20H16N2O3. The number of hydrogen-bond donors (Lipinski definition) is 2. The quantitative estimate of drug-likeness (QED) is 0.719. The highest BCUT2D eigenvalue weighted by atomic mass is 16.5. The summed E-state index contributed by atoms with van der Waals surface area (Å²) in [5, 5.41) is 6.92. The van der Waals surface area contributed by atoms with Crippen molar-refractivity contribution < 1.29 is 14.3 Å². The summed E-state index contributed by atoms with van der Waals surface area (Å²) in [6.07, 6.45) is 0. The van der Waals surface area contributed by atoms with Crippen LogP contribution in [0.3, 0.4) is 0 Å². The lowest BCUT2D eigenvalue weighted by Crippen LogP contribution is -2.20. The van der Waals surface area contributed by atoms with Gasteiger partial charge in [0.25, 0.3) is 11.8 Å². The molecule has 1 aliphatic heterocycles. The predicted molar refractivity (Wildman–Crippen MR) is 96.1 cm³/mol. The minimum Gasteiger partial charge on any atom is -0.486 e. The molecule has 0 radical (unpaired) electrons. The first-order valence-electron chi connectivity index (χ1n) is 7.99. The van der Waals surface area contributed by atoms with Gasteiger partial charge in [0, 0.05) is 12.4 Å². The largest absolute Gasteiger partial charge is 0.486 e. The Hall–Kier alpha value is -3.34. The fourth-order valence-electron chi connectivity index (χ4n) is 3.22. The minimum atomic E-state index is -0.403. The molecule has 25 heavy (non-hydrogen) atoms. The molecule has 1 aliphatic rings. The summed E-state index contributed by atoms with van der Waals surface area (Å²) in [5.74, 6) is -0.201. The number of carbonyl (C=O) groups excluding carboxylic acids is 2. The smallest absolute Gasteiger partial charge is 0.261 e. The monoisotopic (exact) mass is 332 g/mol. The average molecular weight is 332 g/mol. The van der Waals surface area contributed by atoms with Crippen LogP contribution in [0.5, 0.6) is 5.75 Å². The van der Waals surface area contributed by atoms with Crippen LogP contribution >= 0.6 is 0 Å². The fraction of sp³-hybridized carbons (Fsp3) is 0.100. The molecule has 0 bridgehead atoms. The van der Waals surface area contributed by atoms with Crippen molar-refractivity contribution in [2.45, 2.75) is 6.61 Å². The van der Waals surface area contributed by atoms with Crippen LogP contribution in [0.15, 0.2) is 54.6 Å². The van der Waals surface area contributed by atoms with Crippen LogP contribution < -0.4 is 15.4 Å². The summed E-state index contributed by atoms with van der Waals surface area (Å²) in [7, 11) is 1.72. The standard InChI is InChI=1S/C20H16N2O3/c1-21-17-16-15(19(23)22-20(16)24)13-9-5-6-10-14(13)18(17)25-11-12-7-3-2-4-8-12/h2-10,21H,11H2,1H3,(H,22,23,24). The topological polar surface area (TPSA) is 67.4 Å². The number of benzene rings is 3. The van der Waals surface area contributed by atoms with Gasteiger partial charge in [-0.3, -0.25) is 14.9 Å². The number of amides is 2. The molecule has 0 saturated carbocycles. The van der Waals surface area contributed by atoms with Gasteiger partial charge in [-0.05, 0) is 10.9 Å². The highest BCUT2D eigenvalue weighted by Crippen LogP contribution is 2.42. The Kier molecular flexibility index (Phi) is 3.61. The maximum atomic E-state index is 12.3. The van der Waals surface area contributed by atoms with Crippen LogP contribution in [-0.4, -0.2) is 18.9 Å². The molecule has 124 valence electrons. The van der Waals surface area contributed by atoms with Gasteiger partial charge in [0.15, 0.2) is 5.75 Å². The Bertz CT molecular complexity index is 997. The molecule has 0 unspecified atom stereocenters. The third-order valence-electron chi connectivity index (χ3n) is 4.33. The summed E-state index contributed by atoms with van der Waals surface area (Å²) in [5.41, 5.74) is 2.30. The van der Waals surface area contributed by atoms with E-state index in [2.05, 4.69) is 10.6 Å². The van der Waals surface area contributed by atoms with E-state index in [1.807, 2.05) is 54.6 Å². The van der Waals surface area contributed by atoms with Gasteiger partial charge in [-0.2, -0.15) is 0 Å². The fourth-order valence-corrected chi connectivity index (χ4v) is 3.22. The molecule has 0 spiro atoms. The number of anilines is 1. The van der Waals surface area contributed by atoms with Crippen molar-refractivity contribution in [3.63, 3.8) is 0 Å². The molecule has 2 N–H and O–H groups in total. The first-order chi connectivity index (χ1) is 12.2. The van der Waals surface area contributed by atoms with Gasteiger partial charge in [-0.15, -0.1) is 0 Å². The molecule has 0 aliphatic carbocycles. The molecule has 0 fully saturated rings. The molecular weight excluding hydrogens is 316 g/mol. The van der Waals surface area contributed by atoms with Crippen molar-refractivity contribution in [1.82, 2.24) is 5.32 Å². The van der Waals surface area contributed by atoms with Gasteiger partial charge < -0.3 is 10.1 Å². The number of imide groups is 1. The average Bonchev–Trinajstić information content (AvgIpc) is 2.95. The number of fused-ring (bicyclic) bond motifs is 3. The van der Waals surface area contributed by atoms with E-state index in [1.54, 1.807) is 7.05 Å². The SMILES string of the molecule is CNc1c2c(c3ccccc3c1OCc1ccccc1)C(=O)NC2=O. The summed E-state index contributed by atoms with van der Waals surface area (Å²) in [6, 6.07) is 17.3. The Morgan fingerprint density at radius 3 is 2.24 bits per heavy atom. The second kappa shape index (κ2) is 5.94. The van der Waals surface area contributed by atoms with E-state index >= 15 is 0 Å². The van der Waals surface area contributed by atoms with Crippen molar-refractivity contribution in [3.05, 3.63) is 71.3 Å². The molecule has 0 aromatic heterocycles. The second-order valence-corrected chi connectivity index (χ2v) is 5.81. The Morgan fingerprint density at radius 2 is 1.52 bits per heavy atom. The zero-order valence-corrected chi connectivity index (χ0v) is 13.6. The number of rotatable bonds is 4. The predicted octanol–water partition coefficient (Wildman–Crippen LogP) is 3.34. The van der Waals surface area contributed by atoms with Crippen molar-refractivity contribution in [2.75, 3.05) is 12.4 Å². The van der Waals surface area contributed by atoms with Crippen LogP contribution in [0.4, 0.5) is 5.69 Å². The third kappa shape index (κ3) is 2.41. The molecule has 3 aromatic carbocycles. The van der Waals surface area contributed by atoms with E-state index in [4.69, 9.17) is 4.74 Å². The van der Waals surface area contributed by atoms with Gasteiger partial charge in [0.05, 0.1) is 16.8 Å². The highest BCUT2D eigenvalue weighted by molar-refractivity contribution is 6.30. The highest BCUT2D eigenvalue weighted by Gasteiger charge is 2.34. The van der Waals surface area contributed by atoms with E-state index < -0.39 is 5.91 Å². The number of ether oxygens (including phenoxy) is 1. The minimum absolute atomic E-state index is 0.342. The van der Waals surface area contributed by atoms with E-state index in [0.717, 1.165) is 10.9 Å². The van der Waals surface area contributed by atoms with Crippen molar-refractivity contribution >= 4 is 28.3 Å². The zero-order chi connectivity index (χ0) is 17.4. The Balaban J connectivity index is 1.91. The molecule has 3 aromatic rings. The van der Waals surface area contributed by atoms with Crippen LogP contribution in [0.1, 0.15) is 26.3 Å². The molecule has 5 heteroatoms. The first kappa shape index (κ1) is 15.2.